The van der Waals surface area contributed by atoms with Crippen LogP contribution in [0.1, 0.15) is 82.8 Å². The van der Waals surface area contributed by atoms with Crippen LogP contribution < -0.4 is 18.9 Å². The van der Waals surface area contributed by atoms with Crippen molar-refractivity contribution in [2.45, 2.75) is 95.6 Å². The molecule has 4 aliphatic rings. The molecular weight excluding hydrogens is 764 g/mol. The fraction of sp³-hybridized carbons (Fsp3) is 0.556. The summed E-state index contributed by atoms with van der Waals surface area (Å²) in [5.74, 6) is 0.573. The maximum atomic E-state index is 14.5. The predicted octanol–water partition coefficient (Wildman–Crippen LogP) is 8.29. The average Bonchev–Trinajstić information content (AvgIpc) is 3.69. The zero-order valence-corrected chi connectivity index (χ0v) is 34.8. The molecule has 6 rings (SSSR count). The van der Waals surface area contributed by atoms with Gasteiger partial charge in [-0.05, 0) is 99.8 Å². The zero-order valence-electron chi connectivity index (χ0n) is 34.0. The number of rotatable bonds is 20. The standard InChI is InChI=1S/C45H59ClN2O10/c1-6-21-52-32-15-17-37-35(26-32)41-33(13-9-11-20-50)31(12-8-10-19-49)25-34-36(47-58-44(3,4)5)27-40(45(57-37,42(34)41)56-22-7-2)48(43(51)53-23-18-46)28-30-14-16-38-39(24-30)55-29-54-38/h6-7,14-17,24-26,31,33,40-42,49-50H,1-2,8-13,18-23,27-29H2,3-5H3. The number of ether oxygens (including phenoxy) is 6. The highest BCUT2D eigenvalue weighted by Crippen LogP contribution is 2.62. The fourth-order valence-corrected chi connectivity index (χ4v) is 8.91. The number of carbonyl (C=O) groups is 1. The molecule has 0 aromatic heterocycles. The van der Waals surface area contributed by atoms with E-state index in [0.29, 0.717) is 48.2 Å². The maximum Gasteiger partial charge on any atom is 0.410 e. The van der Waals surface area contributed by atoms with Gasteiger partial charge in [0.2, 0.25) is 12.6 Å². The first-order valence-electron chi connectivity index (χ1n) is 20.5. The molecule has 2 N–H and O–H groups in total. The molecule has 6 atom stereocenters. The van der Waals surface area contributed by atoms with Gasteiger partial charge in [0.1, 0.15) is 36.4 Å². The first-order chi connectivity index (χ1) is 28.1. The minimum Gasteiger partial charge on any atom is -0.490 e. The minimum absolute atomic E-state index is 0.00379. The molecule has 12 nitrogen and oxygen atoms in total. The van der Waals surface area contributed by atoms with E-state index in [1.54, 1.807) is 17.1 Å². The molecule has 1 saturated carbocycles. The van der Waals surface area contributed by atoms with E-state index >= 15 is 0 Å². The number of amides is 1. The average molecular weight is 823 g/mol. The number of unbranched alkanes of at least 4 members (excludes halogenated alkanes) is 2. The number of aliphatic hydroxyl groups is 2. The Morgan fingerprint density at radius 3 is 2.47 bits per heavy atom. The lowest BCUT2D eigenvalue weighted by molar-refractivity contribution is -0.256. The van der Waals surface area contributed by atoms with Crippen LogP contribution in [0.4, 0.5) is 4.79 Å². The highest BCUT2D eigenvalue weighted by Gasteiger charge is 2.65. The summed E-state index contributed by atoms with van der Waals surface area (Å²) in [5, 5.41) is 24.7. The fourth-order valence-electron chi connectivity index (χ4n) is 8.83. The van der Waals surface area contributed by atoms with Crippen molar-refractivity contribution < 1.29 is 48.3 Å². The Balaban J connectivity index is 1.61. The van der Waals surface area contributed by atoms with Gasteiger partial charge in [0.25, 0.3) is 0 Å². The van der Waals surface area contributed by atoms with E-state index in [0.717, 1.165) is 42.4 Å². The van der Waals surface area contributed by atoms with Crippen molar-refractivity contribution in [2.75, 3.05) is 45.7 Å². The number of allylic oxidation sites excluding steroid dienone is 1. The minimum atomic E-state index is -1.47. The number of alkyl halides is 1. The molecule has 0 radical (unpaired) electrons. The normalized spacial score (nSPS) is 24.8. The number of aliphatic hydroxyl groups excluding tert-OH is 2. The van der Waals surface area contributed by atoms with Gasteiger partial charge >= 0.3 is 6.09 Å². The Morgan fingerprint density at radius 1 is 1.00 bits per heavy atom. The largest absolute Gasteiger partial charge is 0.490 e. The molecule has 2 heterocycles. The van der Waals surface area contributed by atoms with Gasteiger partial charge in [-0.2, -0.15) is 0 Å². The van der Waals surface area contributed by atoms with E-state index in [2.05, 4.69) is 25.3 Å². The lowest BCUT2D eigenvalue weighted by atomic mass is 9.55. The van der Waals surface area contributed by atoms with Crippen LogP contribution in [0.5, 0.6) is 23.0 Å². The topological polar surface area (TPSA) is 138 Å². The molecule has 0 bridgehead atoms. The van der Waals surface area contributed by atoms with Gasteiger partial charge < -0.3 is 43.5 Å². The van der Waals surface area contributed by atoms with Crippen molar-refractivity contribution in [1.82, 2.24) is 4.90 Å². The Bertz CT molecular complexity index is 1810. The predicted molar refractivity (Wildman–Crippen MR) is 222 cm³/mol. The van der Waals surface area contributed by atoms with Crippen LogP contribution in [0.3, 0.4) is 0 Å². The van der Waals surface area contributed by atoms with E-state index < -0.39 is 29.4 Å². The van der Waals surface area contributed by atoms with Gasteiger partial charge in [-0.15, -0.1) is 18.2 Å². The molecule has 1 amide bonds. The van der Waals surface area contributed by atoms with E-state index in [4.69, 9.17) is 50.0 Å². The summed E-state index contributed by atoms with van der Waals surface area (Å²) in [6, 6.07) is 10.7. The van der Waals surface area contributed by atoms with Crippen LogP contribution in [0.25, 0.3) is 0 Å². The molecule has 0 spiro atoms. The summed E-state index contributed by atoms with van der Waals surface area (Å²) >= 11 is 6.09. The second-order valence-electron chi connectivity index (χ2n) is 16.2. The van der Waals surface area contributed by atoms with E-state index in [-0.39, 0.29) is 69.8 Å². The summed E-state index contributed by atoms with van der Waals surface area (Å²) < 4.78 is 37.6. The van der Waals surface area contributed by atoms with Gasteiger partial charge in [-0.25, -0.2) is 4.79 Å². The third-order valence-corrected chi connectivity index (χ3v) is 11.3. The molecule has 2 aliphatic heterocycles. The molecule has 58 heavy (non-hydrogen) atoms. The molecule has 2 aliphatic carbocycles. The lowest BCUT2D eigenvalue weighted by Gasteiger charge is -2.60. The van der Waals surface area contributed by atoms with Crippen LogP contribution in [-0.2, 0) is 20.9 Å². The first-order valence-corrected chi connectivity index (χ1v) is 21.0. The monoisotopic (exact) mass is 822 g/mol. The summed E-state index contributed by atoms with van der Waals surface area (Å²) in [6.45, 7) is 14.6. The third-order valence-electron chi connectivity index (χ3n) is 11.1. The number of fused-ring (bicyclic) bond motifs is 3. The van der Waals surface area contributed by atoms with Crippen molar-refractivity contribution in [3.63, 3.8) is 0 Å². The quantitative estimate of drug-likeness (QED) is 0.0581. The Labute approximate surface area is 347 Å². The molecule has 2 aromatic rings. The summed E-state index contributed by atoms with van der Waals surface area (Å²) in [6.07, 6.45) is 9.92. The van der Waals surface area contributed by atoms with Crippen LogP contribution >= 0.6 is 11.6 Å². The molecule has 2 aromatic carbocycles. The molecular formula is C45H59ClN2O10. The third kappa shape index (κ3) is 9.62. The van der Waals surface area contributed by atoms with Crippen LogP contribution in [0.15, 0.2) is 78.5 Å². The Morgan fingerprint density at radius 2 is 1.74 bits per heavy atom. The Hall–Kier alpha value is -4.23. The zero-order chi connectivity index (χ0) is 41.3. The van der Waals surface area contributed by atoms with Gasteiger partial charge in [0.05, 0.1) is 24.1 Å². The van der Waals surface area contributed by atoms with Gasteiger partial charge in [0.15, 0.2) is 11.5 Å². The highest BCUT2D eigenvalue weighted by molar-refractivity contribution is 6.18. The lowest BCUT2D eigenvalue weighted by Crippen LogP contribution is -2.70. The van der Waals surface area contributed by atoms with Crippen LogP contribution in [-0.4, -0.2) is 90.1 Å². The highest BCUT2D eigenvalue weighted by atomic mass is 35.5. The van der Waals surface area contributed by atoms with Crippen LogP contribution in [0.2, 0.25) is 0 Å². The SMILES string of the molecule is C=CCOc1ccc2c(c1)C1C(CCCCO)C(CCCCO)C=C3C(=NOC(C)(C)C)CC(N(Cc4ccc5c(c4)OCO5)C(=O)OCCCl)C(OCC=C)(O2)C31. The van der Waals surface area contributed by atoms with Gasteiger partial charge in [-0.1, -0.05) is 48.9 Å². The molecule has 1 fully saturated rings. The summed E-state index contributed by atoms with van der Waals surface area (Å²) in [5.41, 5.74) is 2.74. The van der Waals surface area contributed by atoms with Crippen molar-refractivity contribution in [3.05, 3.63) is 84.5 Å². The maximum absolute atomic E-state index is 14.5. The van der Waals surface area contributed by atoms with Gasteiger partial charge in [0, 0.05) is 37.7 Å². The molecule has 0 saturated heterocycles. The van der Waals surface area contributed by atoms with E-state index in [1.807, 2.05) is 51.1 Å². The summed E-state index contributed by atoms with van der Waals surface area (Å²) in [4.78, 5) is 22.4. The van der Waals surface area contributed by atoms with Crippen molar-refractivity contribution >= 4 is 23.4 Å². The molecule has 6 unspecified atom stereocenters. The number of hydrogen-bond acceptors (Lipinski definition) is 11. The second kappa shape index (κ2) is 19.7. The van der Waals surface area contributed by atoms with Crippen molar-refractivity contribution in [2.24, 2.45) is 22.9 Å². The van der Waals surface area contributed by atoms with Crippen molar-refractivity contribution in [1.29, 1.82) is 0 Å². The van der Waals surface area contributed by atoms with Crippen LogP contribution in [0, 0.1) is 17.8 Å². The smallest absolute Gasteiger partial charge is 0.410 e. The first kappa shape index (κ1) is 43.4. The summed E-state index contributed by atoms with van der Waals surface area (Å²) in [7, 11) is 0. The molecule has 316 valence electrons. The van der Waals surface area contributed by atoms with E-state index in [1.165, 1.54) is 0 Å². The number of benzene rings is 2. The number of halogens is 1. The number of hydrogen-bond donors (Lipinski definition) is 2. The number of nitrogens with zero attached hydrogens (tertiary/aromatic N) is 2. The van der Waals surface area contributed by atoms with Gasteiger partial charge in [-0.3, -0.25) is 4.90 Å². The molecule has 13 heteroatoms. The second-order valence-corrected chi connectivity index (χ2v) is 16.6. The number of carbonyl (C=O) groups excluding carboxylic acids is 1. The number of oxime groups is 1. The van der Waals surface area contributed by atoms with E-state index in [9.17, 15) is 15.0 Å². The Kier molecular flexibility index (Phi) is 14.7. The van der Waals surface area contributed by atoms with Crippen molar-refractivity contribution in [3.8, 4) is 23.0 Å².